The number of rotatable bonds is 5. The number of ether oxygens (including phenoxy) is 1. The average molecular weight is 251 g/mol. The van der Waals surface area contributed by atoms with Gasteiger partial charge in [-0.05, 0) is 36.6 Å². The van der Waals surface area contributed by atoms with Gasteiger partial charge in [0.05, 0.1) is 0 Å². The molecule has 0 saturated carbocycles. The molecule has 0 amide bonds. The van der Waals surface area contributed by atoms with Gasteiger partial charge in [0.25, 0.3) is 0 Å². The topological polar surface area (TPSA) is 21.3 Å². The van der Waals surface area contributed by atoms with E-state index < -0.39 is 0 Å². The highest BCUT2D eigenvalue weighted by Gasteiger charge is 2.23. The summed E-state index contributed by atoms with van der Waals surface area (Å²) in [6.45, 7) is 8.54. The Bertz CT molecular complexity index is 405. The Hall–Kier alpha value is -1.09. The summed E-state index contributed by atoms with van der Waals surface area (Å²) in [4.78, 5) is 0. The Morgan fingerprint density at radius 3 is 2.89 bits per heavy atom. The van der Waals surface area contributed by atoms with Gasteiger partial charge in [0, 0.05) is 18.5 Å². The maximum Gasteiger partial charge on any atom is 0.123 e. The molecule has 2 unspecified atom stereocenters. The lowest BCUT2D eigenvalue weighted by molar-refractivity contribution is 0.222. The monoisotopic (exact) mass is 251 g/mol. The van der Waals surface area contributed by atoms with Crippen LogP contribution in [0, 0.1) is 17.7 Å². The van der Waals surface area contributed by atoms with Crippen molar-refractivity contribution in [3.05, 3.63) is 29.6 Å². The van der Waals surface area contributed by atoms with Gasteiger partial charge in [0.2, 0.25) is 0 Å². The summed E-state index contributed by atoms with van der Waals surface area (Å²) in [5, 5.41) is 3.44. The first-order chi connectivity index (χ1) is 8.56. The zero-order chi connectivity index (χ0) is 13.1. The standard InChI is InChI=1S/C15H22FNO/c1-10(2)11(3)8-17-9-14-7-12-6-13(16)4-5-15(12)18-14/h4-6,10-11,14,17H,7-9H2,1-3H3. The Morgan fingerprint density at radius 2 is 2.17 bits per heavy atom. The van der Waals surface area contributed by atoms with Crippen LogP contribution in [0.25, 0.3) is 0 Å². The van der Waals surface area contributed by atoms with Gasteiger partial charge in [-0.15, -0.1) is 0 Å². The van der Waals surface area contributed by atoms with Crippen LogP contribution in [0.2, 0.25) is 0 Å². The second kappa shape index (κ2) is 5.70. The number of fused-ring (bicyclic) bond motifs is 1. The molecule has 18 heavy (non-hydrogen) atoms. The summed E-state index contributed by atoms with van der Waals surface area (Å²) in [6, 6.07) is 4.75. The van der Waals surface area contributed by atoms with E-state index in [0.29, 0.717) is 11.8 Å². The molecule has 0 aromatic heterocycles. The molecule has 2 atom stereocenters. The highest BCUT2D eigenvalue weighted by Crippen LogP contribution is 2.28. The van der Waals surface area contributed by atoms with E-state index in [2.05, 4.69) is 26.1 Å². The third kappa shape index (κ3) is 3.22. The second-order valence-electron chi connectivity index (χ2n) is 5.58. The van der Waals surface area contributed by atoms with Crippen molar-refractivity contribution >= 4 is 0 Å². The molecule has 0 fully saturated rings. The SMILES string of the molecule is CC(C)C(C)CNCC1Cc2cc(F)ccc2O1. The molecule has 0 bridgehead atoms. The molecule has 1 aliphatic rings. The van der Waals surface area contributed by atoms with Gasteiger partial charge >= 0.3 is 0 Å². The van der Waals surface area contributed by atoms with Crippen molar-refractivity contribution < 1.29 is 9.13 Å². The fourth-order valence-corrected chi connectivity index (χ4v) is 2.11. The molecule has 0 radical (unpaired) electrons. The van der Waals surface area contributed by atoms with E-state index in [0.717, 1.165) is 30.8 Å². The Labute approximate surface area is 109 Å². The van der Waals surface area contributed by atoms with Crippen LogP contribution in [-0.4, -0.2) is 19.2 Å². The minimum atomic E-state index is -0.181. The van der Waals surface area contributed by atoms with Crippen LogP contribution in [0.3, 0.4) is 0 Å². The van der Waals surface area contributed by atoms with E-state index in [-0.39, 0.29) is 11.9 Å². The lowest BCUT2D eigenvalue weighted by Crippen LogP contribution is -2.33. The van der Waals surface area contributed by atoms with Crippen LogP contribution in [0.5, 0.6) is 5.75 Å². The largest absolute Gasteiger partial charge is 0.488 e. The molecule has 1 aliphatic heterocycles. The van der Waals surface area contributed by atoms with Gasteiger partial charge in [-0.3, -0.25) is 0 Å². The third-order valence-electron chi connectivity index (χ3n) is 3.74. The number of benzene rings is 1. The first kappa shape index (κ1) is 13.3. The summed E-state index contributed by atoms with van der Waals surface area (Å²) in [6.07, 6.45) is 0.942. The molecule has 0 saturated heterocycles. The van der Waals surface area contributed by atoms with Crippen molar-refractivity contribution in [3.8, 4) is 5.75 Å². The fourth-order valence-electron chi connectivity index (χ4n) is 2.11. The molecular formula is C15H22FNO. The fraction of sp³-hybridized carbons (Fsp3) is 0.600. The highest BCUT2D eigenvalue weighted by molar-refractivity contribution is 5.37. The molecule has 3 heteroatoms. The number of nitrogens with one attached hydrogen (secondary N) is 1. The van der Waals surface area contributed by atoms with Crippen LogP contribution in [0.4, 0.5) is 4.39 Å². The predicted molar refractivity (Wildman–Crippen MR) is 71.4 cm³/mol. The molecule has 1 aromatic rings. The molecule has 2 rings (SSSR count). The zero-order valence-electron chi connectivity index (χ0n) is 11.4. The summed E-state index contributed by atoms with van der Waals surface area (Å²) in [7, 11) is 0. The quantitative estimate of drug-likeness (QED) is 0.868. The maximum atomic E-state index is 13.1. The number of hydrogen-bond acceptors (Lipinski definition) is 2. The Balaban J connectivity index is 1.78. The minimum Gasteiger partial charge on any atom is -0.488 e. The Morgan fingerprint density at radius 1 is 1.39 bits per heavy atom. The molecule has 0 spiro atoms. The normalized spacial score (nSPS) is 19.7. The summed E-state index contributed by atoms with van der Waals surface area (Å²) in [5.41, 5.74) is 0.985. The van der Waals surface area contributed by atoms with Crippen molar-refractivity contribution in [2.24, 2.45) is 11.8 Å². The average Bonchev–Trinajstić information content (AvgIpc) is 2.70. The maximum absolute atomic E-state index is 13.1. The highest BCUT2D eigenvalue weighted by atomic mass is 19.1. The van der Waals surface area contributed by atoms with E-state index in [1.165, 1.54) is 6.07 Å². The minimum absolute atomic E-state index is 0.140. The van der Waals surface area contributed by atoms with Crippen molar-refractivity contribution in [1.29, 1.82) is 0 Å². The van der Waals surface area contributed by atoms with Crippen LogP contribution in [0.15, 0.2) is 18.2 Å². The summed E-state index contributed by atoms with van der Waals surface area (Å²) in [5.74, 6) is 2.00. The molecule has 100 valence electrons. The molecule has 1 heterocycles. The molecule has 1 N–H and O–H groups in total. The summed E-state index contributed by atoms with van der Waals surface area (Å²) < 4.78 is 18.8. The van der Waals surface area contributed by atoms with Crippen LogP contribution in [-0.2, 0) is 6.42 Å². The van der Waals surface area contributed by atoms with Gasteiger partial charge in [-0.25, -0.2) is 4.39 Å². The van der Waals surface area contributed by atoms with E-state index in [1.807, 2.05) is 0 Å². The van der Waals surface area contributed by atoms with Crippen LogP contribution in [0.1, 0.15) is 26.3 Å². The van der Waals surface area contributed by atoms with Gasteiger partial charge in [0.15, 0.2) is 0 Å². The van der Waals surface area contributed by atoms with Gasteiger partial charge < -0.3 is 10.1 Å². The first-order valence-corrected chi connectivity index (χ1v) is 6.72. The molecule has 2 nitrogen and oxygen atoms in total. The van der Waals surface area contributed by atoms with Crippen molar-refractivity contribution in [2.45, 2.75) is 33.3 Å². The lowest BCUT2D eigenvalue weighted by atomic mass is 9.98. The zero-order valence-corrected chi connectivity index (χ0v) is 11.4. The third-order valence-corrected chi connectivity index (χ3v) is 3.74. The molecular weight excluding hydrogens is 229 g/mol. The smallest absolute Gasteiger partial charge is 0.123 e. The van der Waals surface area contributed by atoms with Crippen molar-refractivity contribution in [1.82, 2.24) is 5.32 Å². The number of hydrogen-bond donors (Lipinski definition) is 1. The van der Waals surface area contributed by atoms with E-state index in [1.54, 1.807) is 12.1 Å². The van der Waals surface area contributed by atoms with E-state index in [4.69, 9.17) is 4.74 Å². The van der Waals surface area contributed by atoms with Crippen molar-refractivity contribution in [3.63, 3.8) is 0 Å². The second-order valence-corrected chi connectivity index (χ2v) is 5.58. The van der Waals surface area contributed by atoms with Crippen LogP contribution >= 0.6 is 0 Å². The van der Waals surface area contributed by atoms with E-state index in [9.17, 15) is 4.39 Å². The first-order valence-electron chi connectivity index (χ1n) is 6.72. The predicted octanol–water partition coefficient (Wildman–Crippen LogP) is 3.01. The molecule has 1 aromatic carbocycles. The van der Waals surface area contributed by atoms with E-state index >= 15 is 0 Å². The Kier molecular flexibility index (Phi) is 4.23. The van der Waals surface area contributed by atoms with Gasteiger partial charge in [-0.2, -0.15) is 0 Å². The van der Waals surface area contributed by atoms with Crippen LogP contribution < -0.4 is 10.1 Å². The van der Waals surface area contributed by atoms with Gasteiger partial charge in [0.1, 0.15) is 17.7 Å². The number of halogens is 1. The summed E-state index contributed by atoms with van der Waals surface area (Å²) >= 11 is 0. The van der Waals surface area contributed by atoms with Gasteiger partial charge in [-0.1, -0.05) is 20.8 Å². The van der Waals surface area contributed by atoms with Crippen molar-refractivity contribution in [2.75, 3.05) is 13.1 Å². The lowest BCUT2D eigenvalue weighted by Gasteiger charge is -2.18. The molecule has 0 aliphatic carbocycles.